The van der Waals surface area contributed by atoms with Gasteiger partial charge in [0.05, 0.1) is 22.8 Å². The van der Waals surface area contributed by atoms with Crippen LogP contribution >= 0.6 is 23.1 Å². The van der Waals surface area contributed by atoms with E-state index in [1.54, 1.807) is 18.2 Å². The van der Waals surface area contributed by atoms with Crippen molar-refractivity contribution in [1.82, 2.24) is 10.2 Å². The molecule has 1 N–H and O–H groups in total. The van der Waals surface area contributed by atoms with Gasteiger partial charge in [0.15, 0.2) is 15.9 Å². The number of carbonyl (C=O) groups is 2. The van der Waals surface area contributed by atoms with Gasteiger partial charge in [0, 0.05) is 17.9 Å². The van der Waals surface area contributed by atoms with Crippen LogP contribution in [0.4, 0.5) is 15.2 Å². The average Bonchev–Trinajstić information content (AvgIpc) is 3.64. The maximum Gasteiger partial charge on any atom is 0.296 e. The first kappa shape index (κ1) is 24.3. The predicted octanol–water partition coefficient (Wildman–Crippen LogP) is 5.25. The summed E-state index contributed by atoms with van der Waals surface area (Å²) in [4.78, 5) is 38.1. The molecule has 37 heavy (non-hydrogen) atoms. The minimum Gasteiger partial charge on any atom is -0.503 e. The second kappa shape index (κ2) is 9.95. The molecule has 2 aromatic heterocycles. The number of amides is 1. The van der Waals surface area contributed by atoms with Gasteiger partial charge >= 0.3 is 0 Å². The van der Waals surface area contributed by atoms with E-state index in [1.165, 1.54) is 60.5 Å². The number of carbonyl (C=O) groups excluding carboxylic acids is 2. The molecule has 2 aromatic carbocycles. The SMILES string of the molecule is O=C(C1=C(O)C(=O)N(c2nnc(SCc3ccccc3F)s2)C1c1ccc([N+](=O)[O-])cc1)c1ccco1. The summed E-state index contributed by atoms with van der Waals surface area (Å²) in [5, 5.41) is 30.1. The van der Waals surface area contributed by atoms with Crippen LogP contribution in [0.15, 0.2) is 87.0 Å². The summed E-state index contributed by atoms with van der Waals surface area (Å²) in [7, 11) is 0. The van der Waals surface area contributed by atoms with Gasteiger partial charge in [-0.25, -0.2) is 4.39 Å². The van der Waals surface area contributed by atoms with Crippen LogP contribution in [0.25, 0.3) is 0 Å². The Balaban J connectivity index is 1.50. The minimum absolute atomic E-state index is 0.0816. The van der Waals surface area contributed by atoms with Crippen LogP contribution in [-0.2, 0) is 10.5 Å². The number of anilines is 1. The topological polar surface area (TPSA) is 140 Å². The summed E-state index contributed by atoms with van der Waals surface area (Å²) in [5.41, 5.74) is 0.351. The smallest absolute Gasteiger partial charge is 0.296 e. The summed E-state index contributed by atoms with van der Waals surface area (Å²) in [6, 6.07) is 13.3. The number of nitro benzene ring substituents is 1. The molecule has 3 heterocycles. The molecule has 10 nitrogen and oxygen atoms in total. The number of halogens is 1. The molecule has 186 valence electrons. The van der Waals surface area contributed by atoms with Crippen LogP contribution in [-0.4, -0.2) is 31.9 Å². The van der Waals surface area contributed by atoms with Gasteiger partial charge in [-0.05, 0) is 41.5 Å². The fraction of sp³-hybridized carbons (Fsp3) is 0.0833. The van der Waals surface area contributed by atoms with Gasteiger partial charge in [-0.1, -0.05) is 41.3 Å². The fourth-order valence-corrected chi connectivity index (χ4v) is 5.64. The number of nitro groups is 1. The number of aliphatic hydroxyl groups is 1. The number of hydrogen-bond acceptors (Lipinski definition) is 10. The first-order valence-corrected chi connectivity index (χ1v) is 12.4. The summed E-state index contributed by atoms with van der Waals surface area (Å²) >= 11 is 2.23. The maximum absolute atomic E-state index is 14.0. The molecular formula is C24H15FN4O6S2. The Morgan fingerprint density at radius 2 is 1.92 bits per heavy atom. The van der Waals surface area contributed by atoms with Gasteiger partial charge in [-0.15, -0.1) is 10.2 Å². The van der Waals surface area contributed by atoms with Crippen LogP contribution in [0.1, 0.15) is 27.7 Å². The molecule has 0 saturated heterocycles. The number of hydrogen-bond donors (Lipinski definition) is 1. The van der Waals surface area contributed by atoms with Gasteiger partial charge in [0.1, 0.15) is 5.82 Å². The highest BCUT2D eigenvalue weighted by atomic mass is 32.2. The van der Waals surface area contributed by atoms with E-state index >= 15 is 0 Å². The molecular weight excluding hydrogens is 523 g/mol. The van der Waals surface area contributed by atoms with E-state index in [2.05, 4.69) is 10.2 Å². The van der Waals surface area contributed by atoms with E-state index in [0.717, 1.165) is 16.2 Å². The highest BCUT2D eigenvalue weighted by molar-refractivity contribution is 8.00. The lowest BCUT2D eigenvalue weighted by molar-refractivity contribution is -0.384. The molecule has 0 bridgehead atoms. The van der Waals surface area contributed by atoms with Crippen molar-refractivity contribution in [2.75, 3.05) is 4.90 Å². The van der Waals surface area contributed by atoms with Crippen molar-refractivity contribution in [1.29, 1.82) is 0 Å². The van der Waals surface area contributed by atoms with Crippen LogP contribution < -0.4 is 4.90 Å². The molecule has 1 aliphatic rings. The number of nitrogens with zero attached hydrogens (tertiary/aromatic N) is 4. The largest absolute Gasteiger partial charge is 0.503 e. The zero-order chi connectivity index (χ0) is 26.1. The van der Waals surface area contributed by atoms with Gasteiger partial charge in [0.2, 0.25) is 10.9 Å². The van der Waals surface area contributed by atoms with Crippen molar-refractivity contribution in [3.8, 4) is 0 Å². The summed E-state index contributed by atoms with van der Waals surface area (Å²) in [6.45, 7) is 0. The highest BCUT2D eigenvalue weighted by Crippen LogP contribution is 2.44. The van der Waals surface area contributed by atoms with Crippen LogP contribution in [0.2, 0.25) is 0 Å². The molecule has 1 unspecified atom stereocenters. The number of benzene rings is 2. The van der Waals surface area contributed by atoms with E-state index in [9.17, 15) is 29.2 Å². The van der Waals surface area contributed by atoms with E-state index in [4.69, 9.17) is 4.42 Å². The number of furan rings is 1. The first-order chi connectivity index (χ1) is 17.8. The number of ketones is 1. The molecule has 1 amide bonds. The fourth-order valence-electron chi connectivity index (χ4n) is 3.78. The third-order valence-corrected chi connectivity index (χ3v) is 7.63. The normalized spacial score (nSPS) is 15.4. The van der Waals surface area contributed by atoms with Crippen LogP contribution in [0.3, 0.4) is 0 Å². The van der Waals surface area contributed by atoms with E-state index in [0.29, 0.717) is 15.5 Å². The third-order valence-electron chi connectivity index (χ3n) is 5.53. The maximum atomic E-state index is 14.0. The van der Waals surface area contributed by atoms with Crippen molar-refractivity contribution in [3.05, 3.63) is 111 Å². The standard InChI is InChI=1S/C24H15FN4O6S2/c25-16-5-2-1-4-14(16)12-36-24-27-26-23(37-24)28-19(13-7-9-15(10-8-13)29(33)34)18(21(31)22(28)32)20(30)17-6-3-11-35-17/h1-11,19,31H,12H2. The zero-order valence-corrected chi connectivity index (χ0v) is 20.2. The van der Waals surface area contributed by atoms with Crippen molar-refractivity contribution < 1.29 is 28.4 Å². The lowest BCUT2D eigenvalue weighted by atomic mass is 9.95. The molecule has 1 aliphatic heterocycles. The Bertz CT molecular complexity index is 1530. The lowest BCUT2D eigenvalue weighted by Gasteiger charge is -2.23. The van der Waals surface area contributed by atoms with Crippen LogP contribution in [0.5, 0.6) is 0 Å². The summed E-state index contributed by atoms with van der Waals surface area (Å²) in [5.74, 6) is -2.59. The molecule has 1 atom stereocenters. The van der Waals surface area contributed by atoms with Crippen molar-refractivity contribution in [3.63, 3.8) is 0 Å². The molecule has 13 heteroatoms. The molecule has 4 aromatic rings. The molecule has 0 aliphatic carbocycles. The Morgan fingerprint density at radius 3 is 2.59 bits per heavy atom. The molecule has 0 radical (unpaired) electrons. The number of non-ortho nitro benzene ring substituents is 1. The highest BCUT2D eigenvalue weighted by Gasteiger charge is 2.46. The van der Waals surface area contributed by atoms with E-state index in [1.807, 2.05) is 0 Å². The van der Waals surface area contributed by atoms with Crippen molar-refractivity contribution in [2.24, 2.45) is 0 Å². The molecule has 0 spiro atoms. The van der Waals surface area contributed by atoms with E-state index < -0.39 is 28.4 Å². The number of Topliss-reactive ketones (excluding diaryl/α,β-unsaturated/α-hetero) is 1. The predicted molar refractivity (Wildman–Crippen MR) is 132 cm³/mol. The summed E-state index contributed by atoms with van der Waals surface area (Å²) < 4.78 is 19.6. The quantitative estimate of drug-likeness (QED) is 0.105. The Kier molecular flexibility index (Phi) is 6.54. The van der Waals surface area contributed by atoms with Gasteiger partial charge in [0.25, 0.3) is 11.6 Å². The Hall–Kier alpha value is -4.36. The Morgan fingerprint density at radius 1 is 1.16 bits per heavy atom. The first-order valence-electron chi connectivity index (χ1n) is 10.6. The average molecular weight is 539 g/mol. The molecule has 5 rings (SSSR count). The van der Waals surface area contributed by atoms with Gasteiger partial charge < -0.3 is 9.52 Å². The zero-order valence-electron chi connectivity index (χ0n) is 18.6. The number of aromatic nitrogens is 2. The van der Waals surface area contributed by atoms with Crippen molar-refractivity contribution >= 4 is 45.6 Å². The lowest BCUT2D eigenvalue weighted by Crippen LogP contribution is -2.31. The van der Waals surface area contributed by atoms with Crippen LogP contribution in [0, 0.1) is 15.9 Å². The second-order valence-corrected chi connectivity index (χ2v) is 9.90. The van der Waals surface area contributed by atoms with Crippen molar-refractivity contribution in [2.45, 2.75) is 16.1 Å². The van der Waals surface area contributed by atoms with Gasteiger partial charge in [-0.2, -0.15) is 0 Å². The summed E-state index contributed by atoms with van der Waals surface area (Å²) in [6.07, 6.45) is 1.28. The third kappa shape index (κ3) is 4.61. The van der Waals surface area contributed by atoms with Gasteiger partial charge in [-0.3, -0.25) is 24.6 Å². The minimum atomic E-state index is -1.15. The number of aliphatic hydroxyl groups excluding tert-OH is 1. The Labute approximate surface area is 216 Å². The second-order valence-electron chi connectivity index (χ2n) is 7.73. The number of rotatable bonds is 8. The number of thioether (sulfide) groups is 1. The molecule has 0 fully saturated rings. The molecule has 0 saturated carbocycles. The van der Waals surface area contributed by atoms with E-state index in [-0.39, 0.29) is 33.7 Å². The monoisotopic (exact) mass is 538 g/mol.